The third-order valence-corrected chi connectivity index (χ3v) is 1.96. The molecule has 0 saturated heterocycles. The Morgan fingerprint density at radius 3 is 2.77 bits per heavy atom. The summed E-state index contributed by atoms with van der Waals surface area (Å²) in [7, 11) is 0. The first-order chi connectivity index (χ1) is 6.20. The number of aryl methyl sites for hydroxylation is 2. The van der Waals surface area contributed by atoms with Gasteiger partial charge in [-0.05, 0) is 19.9 Å². The van der Waals surface area contributed by atoms with Crippen LogP contribution in [0.1, 0.15) is 17.1 Å². The lowest BCUT2D eigenvalue weighted by Crippen LogP contribution is -2.06. The van der Waals surface area contributed by atoms with Gasteiger partial charge in [0.1, 0.15) is 0 Å². The molecule has 2 rings (SSSR count). The second-order valence-corrected chi connectivity index (χ2v) is 3.15. The maximum absolute atomic E-state index is 5.61. The lowest BCUT2D eigenvalue weighted by Gasteiger charge is -2.01. The lowest BCUT2D eigenvalue weighted by atomic mass is 10.3. The van der Waals surface area contributed by atoms with E-state index in [4.69, 9.17) is 5.73 Å². The van der Waals surface area contributed by atoms with Gasteiger partial charge >= 0.3 is 0 Å². The summed E-state index contributed by atoms with van der Waals surface area (Å²) >= 11 is 0. The Balaban J connectivity index is 2.80. The summed E-state index contributed by atoms with van der Waals surface area (Å²) in [6, 6.07) is 3.91. The van der Waals surface area contributed by atoms with Crippen molar-refractivity contribution in [2.24, 2.45) is 5.73 Å². The molecule has 13 heavy (non-hydrogen) atoms. The minimum absolute atomic E-state index is 0.487. The molecule has 2 N–H and O–H groups in total. The molecule has 0 aliphatic heterocycles. The van der Waals surface area contributed by atoms with Crippen molar-refractivity contribution < 1.29 is 0 Å². The molecule has 2 aromatic heterocycles. The summed E-state index contributed by atoms with van der Waals surface area (Å²) in [5.41, 5.74) is 9.42. The molecule has 0 amide bonds. The zero-order valence-corrected chi connectivity index (χ0v) is 7.78. The van der Waals surface area contributed by atoms with Crippen LogP contribution in [0, 0.1) is 13.8 Å². The predicted molar refractivity (Wildman–Crippen MR) is 50.4 cm³/mol. The van der Waals surface area contributed by atoms with Crippen LogP contribution in [0.2, 0.25) is 0 Å². The van der Waals surface area contributed by atoms with E-state index >= 15 is 0 Å². The normalized spacial score (nSPS) is 11.0. The van der Waals surface area contributed by atoms with Gasteiger partial charge in [0.2, 0.25) is 0 Å². The number of nitrogens with zero attached hydrogens (tertiary/aromatic N) is 3. The van der Waals surface area contributed by atoms with Gasteiger partial charge in [-0.2, -0.15) is 5.10 Å². The van der Waals surface area contributed by atoms with Crippen LogP contribution in [-0.2, 0) is 6.54 Å². The van der Waals surface area contributed by atoms with E-state index in [9.17, 15) is 0 Å². The second kappa shape index (κ2) is 2.81. The molecular formula is C9H12N4. The summed E-state index contributed by atoms with van der Waals surface area (Å²) in [5.74, 6) is 0. The van der Waals surface area contributed by atoms with Gasteiger partial charge in [-0.3, -0.25) is 0 Å². The van der Waals surface area contributed by atoms with Gasteiger partial charge in [0.05, 0.1) is 11.4 Å². The average Bonchev–Trinajstić information content (AvgIpc) is 2.43. The van der Waals surface area contributed by atoms with E-state index in [1.807, 2.05) is 26.0 Å². The first-order valence-electron chi connectivity index (χ1n) is 4.23. The smallest absolute Gasteiger partial charge is 0.155 e. The van der Waals surface area contributed by atoms with E-state index in [1.54, 1.807) is 4.52 Å². The molecular weight excluding hydrogens is 164 g/mol. The van der Waals surface area contributed by atoms with Crippen LogP contribution in [0.4, 0.5) is 0 Å². The Bertz CT molecular complexity index is 444. The van der Waals surface area contributed by atoms with Crippen molar-refractivity contribution >= 4 is 5.65 Å². The SMILES string of the molecule is Cc1cc(CN)n2nc(C)cc2n1. The van der Waals surface area contributed by atoms with Crippen molar-refractivity contribution in [2.75, 3.05) is 0 Å². The first kappa shape index (κ1) is 8.19. The summed E-state index contributed by atoms with van der Waals surface area (Å²) < 4.78 is 1.79. The minimum Gasteiger partial charge on any atom is -0.325 e. The Morgan fingerprint density at radius 2 is 2.08 bits per heavy atom. The number of hydrogen-bond acceptors (Lipinski definition) is 3. The second-order valence-electron chi connectivity index (χ2n) is 3.15. The van der Waals surface area contributed by atoms with Crippen LogP contribution in [0.15, 0.2) is 12.1 Å². The molecule has 0 aromatic carbocycles. The molecule has 0 aliphatic rings. The van der Waals surface area contributed by atoms with Crippen molar-refractivity contribution in [2.45, 2.75) is 20.4 Å². The van der Waals surface area contributed by atoms with Crippen molar-refractivity contribution in [1.82, 2.24) is 14.6 Å². The topological polar surface area (TPSA) is 56.2 Å². The quantitative estimate of drug-likeness (QED) is 0.699. The Kier molecular flexibility index (Phi) is 1.77. The number of fused-ring (bicyclic) bond motifs is 1. The van der Waals surface area contributed by atoms with E-state index < -0.39 is 0 Å². The molecule has 0 saturated carbocycles. The van der Waals surface area contributed by atoms with Gasteiger partial charge in [0.25, 0.3) is 0 Å². The van der Waals surface area contributed by atoms with Crippen LogP contribution in [-0.4, -0.2) is 14.6 Å². The van der Waals surface area contributed by atoms with E-state index in [2.05, 4.69) is 10.1 Å². The Labute approximate surface area is 76.4 Å². The highest BCUT2D eigenvalue weighted by atomic mass is 15.3. The number of nitrogens with two attached hydrogens (primary N) is 1. The van der Waals surface area contributed by atoms with E-state index in [0.29, 0.717) is 6.54 Å². The summed E-state index contributed by atoms with van der Waals surface area (Å²) in [5, 5.41) is 4.30. The third-order valence-electron chi connectivity index (χ3n) is 1.96. The van der Waals surface area contributed by atoms with Crippen LogP contribution in [0.5, 0.6) is 0 Å². The van der Waals surface area contributed by atoms with E-state index in [1.165, 1.54) is 0 Å². The highest BCUT2D eigenvalue weighted by Gasteiger charge is 2.03. The van der Waals surface area contributed by atoms with Crippen LogP contribution >= 0.6 is 0 Å². The maximum Gasteiger partial charge on any atom is 0.155 e. The van der Waals surface area contributed by atoms with Crippen LogP contribution < -0.4 is 5.73 Å². The zero-order valence-electron chi connectivity index (χ0n) is 7.78. The number of aromatic nitrogens is 3. The highest BCUT2D eigenvalue weighted by molar-refractivity contribution is 5.41. The largest absolute Gasteiger partial charge is 0.325 e. The molecule has 0 radical (unpaired) electrons. The average molecular weight is 176 g/mol. The van der Waals surface area contributed by atoms with Gasteiger partial charge in [0.15, 0.2) is 5.65 Å². The summed E-state index contributed by atoms with van der Waals surface area (Å²) in [6.07, 6.45) is 0. The molecule has 4 heteroatoms. The first-order valence-corrected chi connectivity index (χ1v) is 4.23. The van der Waals surface area contributed by atoms with Crippen molar-refractivity contribution in [3.63, 3.8) is 0 Å². The fourth-order valence-corrected chi connectivity index (χ4v) is 1.44. The van der Waals surface area contributed by atoms with Gasteiger partial charge in [-0.15, -0.1) is 0 Å². The van der Waals surface area contributed by atoms with Crippen LogP contribution in [0.3, 0.4) is 0 Å². The van der Waals surface area contributed by atoms with Crippen LogP contribution in [0.25, 0.3) is 5.65 Å². The number of rotatable bonds is 1. The molecule has 0 spiro atoms. The minimum atomic E-state index is 0.487. The fourth-order valence-electron chi connectivity index (χ4n) is 1.44. The molecule has 4 nitrogen and oxygen atoms in total. The Morgan fingerprint density at radius 1 is 1.31 bits per heavy atom. The molecule has 0 atom stereocenters. The van der Waals surface area contributed by atoms with Gasteiger partial charge in [0, 0.05) is 18.3 Å². The van der Waals surface area contributed by atoms with Crippen molar-refractivity contribution in [1.29, 1.82) is 0 Å². The number of hydrogen-bond donors (Lipinski definition) is 1. The zero-order chi connectivity index (χ0) is 9.42. The van der Waals surface area contributed by atoms with E-state index in [-0.39, 0.29) is 0 Å². The van der Waals surface area contributed by atoms with Crippen molar-refractivity contribution in [3.8, 4) is 0 Å². The monoisotopic (exact) mass is 176 g/mol. The van der Waals surface area contributed by atoms with Gasteiger partial charge in [-0.25, -0.2) is 9.50 Å². The standard InChI is InChI=1S/C9H12N4/c1-6-3-8(5-10)13-9(11-6)4-7(2)12-13/h3-4H,5,10H2,1-2H3. The third kappa shape index (κ3) is 1.29. The van der Waals surface area contributed by atoms with Crippen molar-refractivity contribution in [3.05, 3.63) is 29.2 Å². The Hall–Kier alpha value is -1.42. The molecule has 0 aliphatic carbocycles. The molecule has 2 heterocycles. The highest BCUT2D eigenvalue weighted by Crippen LogP contribution is 2.08. The fraction of sp³-hybridized carbons (Fsp3) is 0.333. The van der Waals surface area contributed by atoms with E-state index in [0.717, 1.165) is 22.7 Å². The molecule has 0 fully saturated rings. The molecule has 68 valence electrons. The summed E-state index contributed by atoms with van der Waals surface area (Å²) in [4.78, 5) is 4.35. The van der Waals surface area contributed by atoms with Gasteiger partial charge < -0.3 is 5.73 Å². The maximum atomic E-state index is 5.61. The van der Waals surface area contributed by atoms with Gasteiger partial charge in [-0.1, -0.05) is 0 Å². The molecule has 0 bridgehead atoms. The molecule has 2 aromatic rings. The summed E-state index contributed by atoms with van der Waals surface area (Å²) in [6.45, 7) is 4.40. The predicted octanol–water partition coefficient (Wildman–Crippen LogP) is 0.805. The lowest BCUT2D eigenvalue weighted by molar-refractivity contribution is 0.818. The molecule has 0 unspecified atom stereocenters.